The predicted molar refractivity (Wildman–Crippen MR) is 77.6 cm³/mol. The summed E-state index contributed by atoms with van der Waals surface area (Å²) in [6, 6.07) is 6.04. The van der Waals surface area contributed by atoms with E-state index in [0.717, 1.165) is 29.9 Å². The first-order valence-corrected chi connectivity index (χ1v) is 6.34. The number of nitrogens with zero attached hydrogens (tertiary/aromatic N) is 1. The maximum Gasteiger partial charge on any atom is 0.328 e. The first-order chi connectivity index (χ1) is 9.08. The molecule has 0 aromatic heterocycles. The molecule has 0 aliphatic heterocycles. The minimum absolute atomic E-state index is 0.643. The number of rotatable bonds is 7. The second-order valence-corrected chi connectivity index (χ2v) is 4.31. The molecule has 0 saturated carbocycles. The van der Waals surface area contributed by atoms with Crippen LogP contribution in [0.25, 0.3) is 6.08 Å². The molecule has 1 rings (SSSR count). The Balaban J connectivity index is 3.06. The minimum Gasteiger partial charge on any atom is -0.478 e. The molecule has 4 nitrogen and oxygen atoms in total. The van der Waals surface area contributed by atoms with Crippen LogP contribution in [0.15, 0.2) is 24.3 Å². The summed E-state index contributed by atoms with van der Waals surface area (Å²) >= 11 is 0. The lowest BCUT2D eigenvalue weighted by molar-refractivity contribution is -0.131. The van der Waals surface area contributed by atoms with Crippen LogP contribution in [0.1, 0.15) is 18.1 Å². The van der Waals surface area contributed by atoms with E-state index in [2.05, 4.69) is 11.8 Å². The maximum absolute atomic E-state index is 10.7. The number of hydrogen-bond acceptors (Lipinski definition) is 3. The lowest BCUT2D eigenvalue weighted by Crippen LogP contribution is -2.27. The SMILES string of the molecule is CCN(CCOC)c1ccc(C)cc1/C=C/C(=O)O. The lowest BCUT2D eigenvalue weighted by Gasteiger charge is -2.25. The van der Waals surface area contributed by atoms with Gasteiger partial charge in [0.2, 0.25) is 0 Å². The summed E-state index contributed by atoms with van der Waals surface area (Å²) in [5.41, 5.74) is 3.06. The molecule has 4 heteroatoms. The first-order valence-electron chi connectivity index (χ1n) is 6.34. The summed E-state index contributed by atoms with van der Waals surface area (Å²) in [4.78, 5) is 12.8. The fourth-order valence-corrected chi connectivity index (χ4v) is 1.91. The highest BCUT2D eigenvalue weighted by Gasteiger charge is 2.08. The third-order valence-electron chi connectivity index (χ3n) is 2.88. The van der Waals surface area contributed by atoms with Crippen molar-refractivity contribution in [2.24, 2.45) is 0 Å². The van der Waals surface area contributed by atoms with Crippen LogP contribution in [0, 0.1) is 6.92 Å². The summed E-state index contributed by atoms with van der Waals surface area (Å²) in [6.45, 7) is 6.33. The van der Waals surface area contributed by atoms with Gasteiger partial charge in [-0.25, -0.2) is 4.79 Å². The van der Waals surface area contributed by atoms with Gasteiger partial charge in [-0.2, -0.15) is 0 Å². The van der Waals surface area contributed by atoms with Crippen LogP contribution >= 0.6 is 0 Å². The van der Waals surface area contributed by atoms with E-state index in [1.807, 2.05) is 25.1 Å². The van der Waals surface area contributed by atoms with Gasteiger partial charge in [0.25, 0.3) is 0 Å². The minimum atomic E-state index is -0.938. The third-order valence-corrected chi connectivity index (χ3v) is 2.88. The van der Waals surface area contributed by atoms with Crippen LogP contribution in [0.2, 0.25) is 0 Å². The van der Waals surface area contributed by atoms with Crippen LogP contribution in [-0.2, 0) is 9.53 Å². The molecule has 0 amide bonds. The number of aliphatic carboxylic acids is 1. The van der Waals surface area contributed by atoms with Crippen molar-refractivity contribution in [1.29, 1.82) is 0 Å². The van der Waals surface area contributed by atoms with Crippen molar-refractivity contribution in [3.8, 4) is 0 Å². The summed E-state index contributed by atoms with van der Waals surface area (Å²) < 4.78 is 5.10. The fourth-order valence-electron chi connectivity index (χ4n) is 1.91. The molecule has 104 valence electrons. The van der Waals surface area contributed by atoms with Crippen LogP contribution in [-0.4, -0.2) is 37.9 Å². The number of aryl methyl sites for hydroxylation is 1. The Labute approximate surface area is 114 Å². The van der Waals surface area contributed by atoms with Crippen molar-refractivity contribution < 1.29 is 14.6 Å². The van der Waals surface area contributed by atoms with Crippen molar-refractivity contribution in [3.63, 3.8) is 0 Å². The van der Waals surface area contributed by atoms with Gasteiger partial charge in [0.05, 0.1) is 6.61 Å². The Bertz CT molecular complexity index is 455. The highest BCUT2D eigenvalue weighted by atomic mass is 16.5. The number of carboxylic acid groups (broad SMARTS) is 1. The molecule has 0 unspecified atom stereocenters. The quantitative estimate of drug-likeness (QED) is 0.768. The highest BCUT2D eigenvalue weighted by molar-refractivity contribution is 5.87. The van der Waals surface area contributed by atoms with Crippen molar-refractivity contribution in [2.75, 3.05) is 31.7 Å². The van der Waals surface area contributed by atoms with Gasteiger partial charge < -0.3 is 14.7 Å². The maximum atomic E-state index is 10.7. The molecule has 19 heavy (non-hydrogen) atoms. The highest BCUT2D eigenvalue weighted by Crippen LogP contribution is 2.23. The summed E-state index contributed by atoms with van der Waals surface area (Å²) in [5.74, 6) is -0.938. The monoisotopic (exact) mass is 263 g/mol. The predicted octanol–water partition coefficient (Wildman–Crippen LogP) is 2.57. The van der Waals surface area contributed by atoms with Crippen molar-refractivity contribution in [1.82, 2.24) is 0 Å². The Hall–Kier alpha value is -1.81. The van der Waals surface area contributed by atoms with Crippen molar-refractivity contribution >= 4 is 17.7 Å². The number of carboxylic acids is 1. The van der Waals surface area contributed by atoms with Crippen LogP contribution < -0.4 is 4.90 Å². The van der Waals surface area contributed by atoms with E-state index in [-0.39, 0.29) is 0 Å². The molecule has 1 aromatic carbocycles. The largest absolute Gasteiger partial charge is 0.478 e. The summed E-state index contributed by atoms with van der Waals surface area (Å²) in [6.07, 6.45) is 2.81. The molecule has 0 radical (unpaired) electrons. The standard InChI is InChI=1S/C15H21NO3/c1-4-16(9-10-19-3)14-7-5-12(2)11-13(14)6-8-15(17)18/h5-8,11H,4,9-10H2,1-3H3,(H,17,18)/b8-6+. The van der Waals surface area contributed by atoms with Gasteiger partial charge in [-0.15, -0.1) is 0 Å². The van der Waals surface area contributed by atoms with E-state index in [0.29, 0.717) is 6.61 Å². The molecule has 0 bridgehead atoms. The number of likely N-dealkylation sites (N-methyl/N-ethyl adjacent to an activating group) is 1. The van der Waals surface area contributed by atoms with Gasteiger partial charge in [0.15, 0.2) is 0 Å². The van der Waals surface area contributed by atoms with E-state index in [1.54, 1.807) is 13.2 Å². The second-order valence-electron chi connectivity index (χ2n) is 4.31. The van der Waals surface area contributed by atoms with Gasteiger partial charge in [-0.05, 0) is 37.6 Å². The molecule has 0 atom stereocenters. The van der Waals surface area contributed by atoms with Gasteiger partial charge in [0, 0.05) is 32.0 Å². The molecule has 0 heterocycles. The molecule has 1 aromatic rings. The molecule has 1 N–H and O–H groups in total. The van der Waals surface area contributed by atoms with Gasteiger partial charge in [0.1, 0.15) is 0 Å². The molecule has 0 aliphatic rings. The average molecular weight is 263 g/mol. The van der Waals surface area contributed by atoms with E-state index >= 15 is 0 Å². The fraction of sp³-hybridized carbons (Fsp3) is 0.400. The Morgan fingerprint density at radius 1 is 1.47 bits per heavy atom. The smallest absolute Gasteiger partial charge is 0.328 e. The molecule has 0 spiro atoms. The van der Waals surface area contributed by atoms with Crippen molar-refractivity contribution in [2.45, 2.75) is 13.8 Å². The summed E-state index contributed by atoms with van der Waals surface area (Å²) in [5, 5.41) is 8.75. The Morgan fingerprint density at radius 2 is 2.21 bits per heavy atom. The van der Waals surface area contributed by atoms with Gasteiger partial charge >= 0.3 is 5.97 Å². The number of hydrogen-bond donors (Lipinski definition) is 1. The normalized spacial score (nSPS) is 10.9. The molecular formula is C15H21NO3. The number of carbonyl (C=O) groups is 1. The topological polar surface area (TPSA) is 49.8 Å². The van der Waals surface area contributed by atoms with E-state index < -0.39 is 5.97 Å². The number of ether oxygens (including phenoxy) is 1. The third kappa shape index (κ3) is 4.75. The van der Waals surface area contributed by atoms with E-state index in [9.17, 15) is 4.79 Å². The van der Waals surface area contributed by atoms with Crippen molar-refractivity contribution in [3.05, 3.63) is 35.4 Å². The zero-order chi connectivity index (χ0) is 14.3. The molecule has 0 saturated heterocycles. The Morgan fingerprint density at radius 3 is 2.79 bits per heavy atom. The zero-order valence-corrected chi connectivity index (χ0v) is 11.7. The Kier molecular flexibility index (Phi) is 6.09. The van der Waals surface area contributed by atoms with Gasteiger partial charge in [-0.1, -0.05) is 11.6 Å². The molecule has 0 fully saturated rings. The van der Waals surface area contributed by atoms with E-state index in [4.69, 9.17) is 9.84 Å². The molecular weight excluding hydrogens is 242 g/mol. The number of anilines is 1. The molecule has 0 aliphatic carbocycles. The summed E-state index contributed by atoms with van der Waals surface area (Å²) in [7, 11) is 1.67. The average Bonchev–Trinajstić information content (AvgIpc) is 2.38. The lowest BCUT2D eigenvalue weighted by atomic mass is 10.1. The van der Waals surface area contributed by atoms with Gasteiger partial charge in [-0.3, -0.25) is 0 Å². The van der Waals surface area contributed by atoms with Crippen LogP contribution in [0.4, 0.5) is 5.69 Å². The van der Waals surface area contributed by atoms with Crippen LogP contribution in [0.3, 0.4) is 0 Å². The number of benzene rings is 1. The number of methoxy groups -OCH3 is 1. The zero-order valence-electron chi connectivity index (χ0n) is 11.7. The van der Waals surface area contributed by atoms with Crippen LogP contribution in [0.5, 0.6) is 0 Å². The second kappa shape index (κ2) is 7.59. The van der Waals surface area contributed by atoms with E-state index in [1.165, 1.54) is 6.08 Å². The first kappa shape index (κ1) is 15.2.